The van der Waals surface area contributed by atoms with E-state index >= 15 is 0 Å². The lowest BCUT2D eigenvalue weighted by Crippen LogP contribution is -2.40. The fourth-order valence-corrected chi connectivity index (χ4v) is 4.92. The van der Waals surface area contributed by atoms with E-state index in [2.05, 4.69) is 27.1 Å². The number of pyridine rings is 2. The molecule has 1 unspecified atom stereocenters. The summed E-state index contributed by atoms with van der Waals surface area (Å²) in [4.78, 5) is 35.2. The molecule has 2 amide bonds. The Bertz CT molecular complexity index is 1500. The summed E-state index contributed by atoms with van der Waals surface area (Å²) in [5.74, 6) is 5.69. The zero-order chi connectivity index (χ0) is 25.8. The number of aromatic nitrogens is 4. The highest BCUT2D eigenvalue weighted by Crippen LogP contribution is 2.33. The second kappa shape index (κ2) is 10.8. The molecule has 1 fully saturated rings. The third kappa shape index (κ3) is 5.32. The molecule has 1 atom stereocenters. The Morgan fingerprint density at radius 1 is 1.16 bits per heavy atom. The lowest BCUT2D eigenvalue weighted by Gasteiger charge is -2.31. The molecule has 4 aromatic rings. The van der Waals surface area contributed by atoms with Crippen LogP contribution < -0.4 is 5.32 Å². The topological polar surface area (TPSA) is 93.0 Å². The number of anilines is 1. The van der Waals surface area contributed by atoms with Crippen LogP contribution in [0.2, 0.25) is 5.02 Å². The van der Waals surface area contributed by atoms with Crippen molar-refractivity contribution in [1.82, 2.24) is 24.6 Å². The first-order chi connectivity index (χ1) is 18.0. The maximum atomic E-state index is 12.6. The number of likely N-dealkylation sites (tertiary alicyclic amines) is 1. The first-order valence-corrected chi connectivity index (χ1v) is 12.5. The van der Waals surface area contributed by atoms with Crippen molar-refractivity contribution in [1.29, 1.82) is 0 Å². The van der Waals surface area contributed by atoms with E-state index in [1.165, 1.54) is 0 Å². The number of rotatable bonds is 5. The number of halogens is 1. The van der Waals surface area contributed by atoms with Gasteiger partial charge in [0.05, 0.1) is 10.5 Å². The zero-order valence-electron chi connectivity index (χ0n) is 20.3. The maximum Gasteiger partial charge on any atom is 0.298 e. The number of nitrogens with one attached hydrogen (secondary N) is 1. The molecule has 1 aliphatic rings. The summed E-state index contributed by atoms with van der Waals surface area (Å²) in [6.07, 6.45) is 6.91. The first kappa shape index (κ1) is 24.5. The number of hydrogen-bond acceptors (Lipinski definition) is 5. The number of fused-ring (bicyclic) bond motifs is 1. The number of amides is 2. The molecule has 0 bridgehead atoms. The molecular weight excluding hydrogens is 488 g/mol. The van der Waals surface area contributed by atoms with Gasteiger partial charge in [0.15, 0.2) is 0 Å². The van der Waals surface area contributed by atoms with Crippen LogP contribution in [0.5, 0.6) is 0 Å². The maximum absolute atomic E-state index is 12.6. The van der Waals surface area contributed by atoms with Crippen molar-refractivity contribution in [2.24, 2.45) is 5.92 Å². The molecule has 0 spiro atoms. The Morgan fingerprint density at radius 3 is 2.76 bits per heavy atom. The van der Waals surface area contributed by atoms with Gasteiger partial charge in [-0.25, -0.2) is 4.98 Å². The van der Waals surface area contributed by atoms with E-state index in [9.17, 15) is 9.59 Å². The summed E-state index contributed by atoms with van der Waals surface area (Å²) < 4.78 is 1.92. The van der Waals surface area contributed by atoms with Gasteiger partial charge in [-0.05, 0) is 55.9 Å². The van der Waals surface area contributed by atoms with Crippen molar-refractivity contribution >= 4 is 40.1 Å². The smallest absolute Gasteiger partial charge is 0.298 e. The Hall–Kier alpha value is -4.22. The molecule has 37 heavy (non-hydrogen) atoms. The molecule has 1 saturated heterocycles. The number of nitrogens with zero attached hydrogens (tertiary/aromatic N) is 5. The second-order valence-corrected chi connectivity index (χ2v) is 9.34. The third-order valence-electron chi connectivity index (χ3n) is 6.40. The fourth-order valence-electron chi connectivity index (χ4n) is 4.67. The van der Waals surface area contributed by atoms with Gasteiger partial charge in [-0.3, -0.25) is 19.3 Å². The van der Waals surface area contributed by atoms with Gasteiger partial charge < -0.3 is 10.2 Å². The van der Waals surface area contributed by atoms with Gasteiger partial charge in [-0.1, -0.05) is 35.7 Å². The van der Waals surface area contributed by atoms with E-state index in [1.54, 1.807) is 49.8 Å². The van der Waals surface area contributed by atoms with E-state index in [4.69, 9.17) is 16.7 Å². The van der Waals surface area contributed by atoms with Gasteiger partial charge in [0.25, 0.3) is 11.8 Å². The molecule has 9 heteroatoms. The Labute approximate surface area is 219 Å². The Morgan fingerprint density at radius 2 is 2.00 bits per heavy atom. The minimum absolute atomic E-state index is 0.132. The fraction of sp³-hybridized carbons (Fsp3) is 0.250. The minimum Gasteiger partial charge on any atom is -0.332 e. The molecule has 5 rings (SSSR count). The Balaban J connectivity index is 1.40. The number of piperidine rings is 1. The van der Waals surface area contributed by atoms with Crippen molar-refractivity contribution in [3.63, 3.8) is 0 Å². The molecule has 1 aliphatic heterocycles. The number of hydrogen-bond donors (Lipinski definition) is 1. The van der Waals surface area contributed by atoms with E-state index < -0.39 is 0 Å². The van der Waals surface area contributed by atoms with Gasteiger partial charge in [0.2, 0.25) is 0 Å². The number of carbonyl (C=O) groups excluding carboxylic acids is 2. The first-order valence-electron chi connectivity index (χ1n) is 12.1. The van der Waals surface area contributed by atoms with Crippen LogP contribution in [0.25, 0.3) is 22.2 Å². The van der Waals surface area contributed by atoms with Gasteiger partial charge >= 0.3 is 0 Å². The highest BCUT2D eigenvalue weighted by molar-refractivity contribution is 6.35. The zero-order valence-corrected chi connectivity index (χ0v) is 21.1. The molecule has 8 nitrogen and oxygen atoms in total. The van der Waals surface area contributed by atoms with Gasteiger partial charge in [0, 0.05) is 54.7 Å². The molecular formula is C28H25ClN6O2. The van der Waals surface area contributed by atoms with Crippen LogP contribution in [0.15, 0.2) is 61.1 Å². The van der Waals surface area contributed by atoms with Crippen molar-refractivity contribution in [3.05, 3.63) is 71.6 Å². The molecule has 3 aromatic heterocycles. The summed E-state index contributed by atoms with van der Waals surface area (Å²) in [6.45, 7) is 3.65. The summed E-state index contributed by atoms with van der Waals surface area (Å²) in [5, 5.41) is 9.05. The number of benzene rings is 1. The lowest BCUT2D eigenvalue weighted by atomic mass is 9.98. The Kier molecular flexibility index (Phi) is 7.15. The number of carbonyl (C=O) groups is 2. The monoisotopic (exact) mass is 512 g/mol. The van der Waals surface area contributed by atoms with Crippen molar-refractivity contribution in [3.8, 4) is 23.1 Å². The molecule has 4 heterocycles. The predicted molar refractivity (Wildman–Crippen MR) is 143 cm³/mol. The van der Waals surface area contributed by atoms with Crippen molar-refractivity contribution < 1.29 is 9.59 Å². The van der Waals surface area contributed by atoms with Crippen LogP contribution in [0.1, 0.15) is 30.1 Å². The summed E-state index contributed by atoms with van der Waals surface area (Å²) >= 11 is 6.58. The van der Waals surface area contributed by atoms with Crippen LogP contribution in [-0.2, 0) is 11.3 Å². The standard InChI is InChI=1S/C28H25ClN6O2/c1-2-6-25(36)34-14-5-7-19(17-34)18-35-27-22(15-30-16-23(27)29)26(33-35)20-9-11-21(12-10-20)28(37)32-24-8-3-4-13-31-24/h3-4,8-13,15-16,19H,5,7,14,17-18H2,1H3,(H,31,32,37). The average Bonchev–Trinajstić information content (AvgIpc) is 3.29. The molecule has 0 saturated carbocycles. The summed E-state index contributed by atoms with van der Waals surface area (Å²) in [5.41, 5.74) is 2.90. The molecule has 1 N–H and O–H groups in total. The SMILES string of the molecule is CC#CC(=O)N1CCCC(Cn2nc(-c3ccc(C(=O)Nc4ccccn4)cc3)c3cncc(Cl)c32)C1. The van der Waals surface area contributed by atoms with E-state index in [1.807, 2.05) is 27.8 Å². The quantitative estimate of drug-likeness (QED) is 0.392. The summed E-state index contributed by atoms with van der Waals surface area (Å²) in [6, 6.07) is 12.6. The second-order valence-electron chi connectivity index (χ2n) is 8.93. The summed E-state index contributed by atoms with van der Waals surface area (Å²) in [7, 11) is 0. The molecule has 0 radical (unpaired) electrons. The van der Waals surface area contributed by atoms with E-state index in [0.717, 1.165) is 41.5 Å². The minimum atomic E-state index is -0.241. The normalized spacial score (nSPS) is 15.2. The molecule has 1 aromatic carbocycles. The highest BCUT2D eigenvalue weighted by Gasteiger charge is 2.25. The largest absolute Gasteiger partial charge is 0.332 e. The van der Waals surface area contributed by atoms with Gasteiger partial charge in [0.1, 0.15) is 11.5 Å². The van der Waals surface area contributed by atoms with Crippen LogP contribution in [0.3, 0.4) is 0 Å². The third-order valence-corrected chi connectivity index (χ3v) is 6.68. The van der Waals surface area contributed by atoms with Gasteiger partial charge in [-0.15, -0.1) is 0 Å². The van der Waals surface area contributed by atoms with E-state index in [-0.39, 0.29) is 17.7 Å². The lowest BCUT2D eigenvalue weighted by molar-refractivity contribution is -0.126. The van der Waals surface area contributed by atoms with Crippen molar-refractivity contribution in [2.75, 3.05) is 18.4 Å². The van der Waals surface area contributed by atoms with Crippen molar-refractivity contribution in [2.45, 2.75) is 26.3 Å². The van der Waals surface area contributed by atoms with Crippen LogP contribution in [0, 0.1) is 17.8 Å². The van der Waals surface area contributed by atoms with Crippen LogP contribution in [-0.4, -0.2) is 49.6 Å². The molecule has 0 aliphatic carbocycles. The van der Waals surface area contributed by atoms with Crippen LogP contribution >= 0.6 is 11.6 Å². The molecule has 186 valence electrons. The van der Waals surface area contributed by atoms with E-state index in [0.29, 0.717) is 29.5 Å². The highest BCUT2D eigenvalue weighted by atomic mass is 35.5. The predicted octanol–water partition coefficient (Wildman–Crippen LogP) is 4.66. The van der Waals surface area contributed by atoms with Gasteiger partial charge in [-0.2, -0.15) is 5.10 Å². The van der Waals surface area contributed by atoms with Crippen LogP contribution in [0.4, 0.5) is 5.82 Å². The average molecular weight is 513 g/mol.